The fraction of sp³-hybridized carbons (Fsp3) is 0.133. The van der Waals surface area contributed by atoms with Crippen LogP contribution in [0.1, 0.15) is 22.8 Å². The van der Waals surface area contributed by atoms with E-state index in [4.69, 9.17) is 5.73 Å². The number of carbonyl (C=O) groups excluding carboxylic acids is 1. The number of aryl methyl sites for hydroxylation is 1. The van der Waals surface area contributed by atoms with Crippen LogP contribution in [0, 0.1) is 0 Å². The lowest BCUT2D eigenvalue weighted by molar-refractivity contribution is 0.100. The van der Waals surface area contributed by atoms with Gasteiger partial charge in [-0.25, -0.2) is 0 Å². The Hall–Kier alpha value is -2.09. The second kappa shape index (κ2) is 4.83. The van der Waals surface area contributed by atoms with Crippen LogP contribution >= 0.6 is 0 Å². The second-order valence-electron chi connectivity index (χ2n) is 4.00. The summed E-state index contributed by atoms with van der Waals surface area (Å²) in [6, 6.07) is 15.8. The van der Waals surface area contributed by atoms with Crippen LogP contribution in [0.4, 0.5) is 0 Å². The number of nitrogens with two attached hydrogens (primary N) is 1. The Labute approximate surface area is 101 Å². The van der Waals surface area contributed by atoms with Crippen LogP contribution < -0.4 is 5.73 Å². The minimum Gasteiger partial charge on any atom is -0.366 e. The highest BCUT2D eigenvalue weighted by Crippen LogP contribution is 2.21. The number of carbonyl (C=O) groups is 1. The molecule has 17 heavy (non-hydrogen) atoms. The molecule has 0 fully saturated rings. The zero-order valence-electron chi connectivity index (χ0n) is 9.81. The number of rotatable bonds is 3. The van der Waals surface area contributed by atoms with Gasteiger partial charge in [0.05, 0.1) is 0 Å². The van der Waals surface area contributed by atoms with Gasteiger partial charge in [-0.15, -0.1) is 0 Å². The van der Waals surface area contributed by atoms with Crippen molar-refractivity contribution in [1.82, 2.24) is 0 Å². The minimum absolute atomic E-state index is 0.390. The molecule has 0 saturated carbocycles. The SMILES string of the molecule is CCc1cccc(-c2ccc(C(N)=O)cc2)c1. The number of benzene rings is 2. The normalized spacial score (nSPS) is 10.2. The molecule has 2 aromatic carbocycles. The topological polar surface area (TPSA) is 43.1 Å². The molecule has 0 atom stereocenters. The van der Waals surface area contributed by atoms with Gasteiger partial charge in [-0.2, -0.15) is 0 Å². The smallest absolute Gasteiger partial charge is 0.248 e. The Balaban J connectivity index is 2.36. The van der Waals surface area contributed by atoms with Crippen molar-refractivity contribution in [2.24, 2.45) is 5.73 Å². The Kier molecular flexibility index (Phi) is 3.24. The summed E-state index contributed by atoms with van der Waals surface area (Å²) >= 11 is 0. The summed E-state index contributed by atoms with van der Waals surface area (Å²) in [5.41, 5.74) is 9.33. The molecule has 0 aliphatic rings. The largest absolute Gasteiger partial charge is 0.366 e. The van der Waals surface area contributed by atoms with Gasteiger partial charge in [-0.05, 0) is 35.2 Å². The Morgan fingerprint density at radius 2 is 1.76 bits per heavy atom. The van der Waals surface area contributed by atoms with E-state index in [1.54, 1.807) is 12.1 Å². The summed E-state index contributed by atoms with van der Waals surface area (Å²) in [6.45, 7) is 2.13. The van der Waals surface area contributed by atoms with Crippen LogP contribution in [0.3, 0.4) is 0 Å². The molecule has 0 aliphatic heterocycles. The molecule has 0 aliphatic carbocycles. The van der Waals surface area contributed by atoms with Gasteiger partial charge in [0.2, 0.25) is 5.91 Å². The van der Waals surface area contributed by atoms with Crippen molar-refractivity contribution in [3.63, 3.8) is 0 Å². The molecular weight excluding hydrogens is 210 g/mol. The number of amides is 1. The fourth-order valence-corrected chi connectivity index (χ4v) is 1.80. The first-order chi connectivity index (χ1) is 8.20. The van der Waals surface area contributed by atoms with Crippen LogP contribution in [0.25, 0.3) is 11.1 Å². The van der Waals surface area contributed by atoms with E-state index < -0.39 is 0 Å². The Morgan fingerprint density at radius 3 is 2.35 bits per heavy atom. The lowest BCUT2D eigenvalue weighted by Gasteiger charge is -2.04. The molecule has 2 heteroatoms. The predicted molar refractivity (Wildman–Crippen MR) is 69.8 cm³/mol. The molecule has 0 bridgehead atoms. The van der Waals surface area contributed by atoms with E-state index in [1.165, 1.54) is 11.1 Å². The molecule has 0 heterocycles. The molecule has 0 unspecified atom stereocenters. The third-order valence-electron chi connectivity index (χ3n) is 2.84. The van der Waals surface area contributed by atoms with E-state index in [2.05, 4.69) is 31.2 Å². The molecule has 0 aromatic heterocycles. The molecular formula is C15H15NO. The third-order valence-corrected chi connectivity index (χ3v) is 2.84. The fourth-order valence-electron chi connectivity index (χ4n) is 1.80. The maximum Gasteiger partial charge on any atom is 0.248 e. The van der Waals surface area contributed by atoms with E-state index in [0.717, 1.165) is 12.0 Å². The molecule has 86 valence electrons. The molecule has 0 saturated heterocycles. The van der Waals surface area contributed by atoms with Crippen molar-refractivity contribution in [3.05, 3.63) is 59.7 Å². The highest BCUT2D eigenvalue weighted by molar-refractivity contribution is 5.93. The predicted octanol–water partition coefficient (Wildman–Crippen LogP) is 3.01. The highest BCUT2D eigenvalue weighted by Gasteiger charge is 2.02. The first-order valence-electron chi connectivity index (χ1n) is 5.70. The van der Waals surface area contributed by atoms with Gasteiger partial charge in [0.1, 0.15) is 0 Å². The molecule has 2 N–H and O–H groups in total. The summed E-state index contributed by atoms with van der Waals surface area (Å²) in [4.78, 5) is 11.0. The van der Waals surface area contributed by atoms with Gasteiger partial charge in [-0.1, -0.05) is 43.3 Å². The first-order valence-corrected chi connectivity index (χ1v) is 5.70. The molecule has 2 rings (SSSR count). The van der Waals surface area contributed by atoms with Gasteiger partial charge in [0.25, 0.3) is 0 Å². The molecule has 1 amide bonds. The van der Waals surface area contributed by atoms with Crippen LogP contribution in [0.5, 0.6) is 0 Å². The average molecular weight is 225 g/mol. The van der Waals surface area contributed by atoms with Crippen molar-refractivity contribution in [2.75, 3.05) is 0 Å². The quantitative estimate of drug-likeness (QED) is 0.857. The summed E-state index contributed by atoms with van der Waals surface area (Å²) < 4.78 is 0. The van der Waals surface area contributed by atoms with E-state index in [1.807, 2.05) is 12.1 Å². The Morgan fingerprint density at radius 1 is 1.06 bits per heavy atom. The van der Waals surface area contributed by atoms with E-state index in [-0.39, 0.29) is 5.91 Å². The van der Waals surface area contributed by atoms with E-state index in [9.17, 15) is 4.79 Å². The third kappa shape index (κ3) is 2.53. The number of primary amides is 1. The standard InChI is InChI=1S/C15H15NO/c1-2-11-4-3-5-14(10-11)12-6-8-13(9-7-12)15(16)17/h3-10H,2H2,1H3,(H2,16,17). The van der Waals surface area contributed by atoms with E-state index >= 15 is 0 Å². The van der Waals surface area contributed by atoms with Gasteiger partial charge >= 0.3 is 0 Å². The van der Waals surface area contributed by atoms with Crippen LogP contribution in [-0.2, 0) is 6.42 Å². The Bertz CT molecular complexity index is 529. The molecule has 2 aromatic rings. The number of hydrogen-bond acceptors (Lipinski definition) is 1. The summed E-state index contributed by atoms with van der Waals surface area (Å²) in [5, 5.41) is 0. The molecule has 0 spiro atoms. The van der Waals surface area contributed by atoms with Crippen molar-refractivity contribution < 1.29 is 4.79 Å². The minimum atomic E-state index is -0.390. The van der Waals surface area contributed by atoms with Crippen molar-refractivity contribution in [1.29, 1.82) is 0 Å². The second-order valence-corrected chi connectivity index (χ2v) is 4.00. The lowest BCUT2D eigenvalue weighted by atomic mass is 10.0. The number of hydrogen-bond donors (Lipinski definition) is 1. The van der Waals surface area contributed by atoms with Crippen LogP contribution in [-0.4, -0.2) is 5.91 Å². The molecule has 0 radical (unpaired) electrons. The summed E-state index contributed by atoms with van der Waals surface area (Å²) in [6.07, 6.45) is 1.02. The summed E-state index contributed by atoms with van der Waals surface area (Å²) in [7, 11) is 0. The lowest BCUT2D eigenvalue weighted by Crippen LogP contribution is -2.10. The van der Waals surface area contributed by atoms with Gasteiger partial charge in [0, 0.05) is 5.56 Å². The van der Waals surface area contributed by atoms with Gasteiger partial charge in [0.15, 0.2) is 0 Å². The van der Waals surface area contributed by atoms with Crippen molar-refractivity contribution >= 4 is 5.91 Å². The highest BCUT2D eigenvalue weighted by atomic mass is 16.1. The van der Waals surface area contributed by atoms with Gasteiger partial charge in [-0.3, -0.25) is 4.79 Å². The zero-order chi connectivity index (χ0) is 12.3. The van der Waals surface area contributed by atoms with Crippen LogP contribution in [0.15, 0.2) is 48.5 Å². The zero-order valence-corrected chi connectivity index (χ0v) is 9.81. The maximum absolute atomic E-state index is 11.0. The maximum atomic E-state index is 11.0. The first kappa shape index (κ1) is 11.4. The monoisotopic (exact) mass is 225 g/mol. The molecule has 2 nitrogen and oxygen atoms in total. The van der Waals surface area contributed by atoms with Crippen molar-refractivity contribution in [3.8, 4) is 11.1 Å². The van der Waals surface area contributed by atoms with Gasteiger partial charge < -0.3 is 5.73 Å². The average Bonchev–Trinajstić information content (AvgIpc) is 2.39. The van der Waals surface area contributed by atoms with Crippen molar-refractivity contribution in [2.45, 2.75) is 13.3 Å². The van der Waals surface area contributed by atoms with E-state index in [0.29, 0.717) is 5.56 Å². The van der Waals surface area contributed by atoms with Crippen LogP contribution in [0.2, 0.25) is 0 Å². The summed E-state index contributed by atoms with van der Waals surface area (Å²) in [5.74, 6) is -0.390.